The quantitative estimate of drug-likeness (QED) is 0.490. The van der Waals surface area contributed by atoms with Crippen LogP contribution in [0.1, 0.15) is 22.8 Å². The number of hydrogen-bond donors (Lipinski definition) is 0. The van der Waals surface area contributed by atoms with Crippen molar-refractivity contribution in [1.82, 2.24) is 14.5 Å². The van der Waals surface area contributed by atoms with Gasteiger partial charge in [0.05, 0.1) is 18.4 Å². The van der Waals surface area contributed by atoms with Crippen LogP contribution in [0.25, 0.3) is 0 Å². The zero-order valence-corrected chi connectivity index (χ0v) is 9.36. The molecule has 3 heterocycles. The van der Waals surface area contributed by atoms with E-state index >= 15 is 0 Å². The molecular weight excluding hydrogens is 188 g/mol. The Hall–Kier alpha value is -1.58. The first kappa shape index (κ1) is 8.71. The van der Waals surface area contributed by atoms with E-state index < -0.39 is 0 Å². The lowest BCUT2D eigenvalue weighted by Gasteiger charge is -2.09. The number of aryl methyl sites for hydroxylation is 2. The van der Waals surface area contributed by atoms with E-state index in [1.807, 2.05) is 6.92 Å². The first-order chi connectivity index (χ1) is 7.15. The normalized spacial score (nSPS) is 13.8. The SMILES string of the molecule is Cc1cc2n(n1)Cc1cc(C)n(C)[n+]1C2. The highest BCUT2D eigenvalue weighted by atomic mass is 15.4. The summed E-state index contributed by atoms with van der Waals surface area (Å²) in [5.41, 5.74) is 5.04. The predicted molar refractivity (Wildman–Crippen MR) is 55.5 cm³/mol. The van der Waals surface area contributed by atoms with Gasteiger partial charge in [-0.2, -0.15) is 9.78 Å². The highest BCUT2D eigenvalue weighted by Crippen LogP contribution is 2.12. The fourth-order valence-corrected chi connectivity index (χ4v) is 2.30. The summed E-state index contributed by atoms with van der Waals surface area (Å²) in [6, 6.07) is 4.40. The van der Waals surface area contributed by atoms with Gasteiger partial charge in [-0.25, -0.2) is 0 Å². The largest absolute Gasteiger partial charge is 0.252 e. The maximum atomic E-state index is 4.48. The fourth-order valence-electron chi connectivity index (χ4n) is 2.30. The van der Waals surface area contributed by atoms with Gasteiger partial charge in [0, 0.05) is 6.07 Å². The summed E-state index contributed by atoms with van der Waals surface area (Å²) in [6.45, 7) is 6.01. The van der Waals surface area contributed by atoms with E-state index in [-0.39, 0.29) is 0 Å². The lowest BCUT2D eigenvalue weighted by Crippen LogP contribution is -2.49. The molecule has 0 amide bonds. The van der Waals surface area contributed by atoms with Gasteiger partial charge in [-0.1, -0.05) is 0 Å². The Morgan fingerprint density at radius 1 is 1.33 bits per heavy atom. The second kappa shape index (κ2) is 2.72. The summed E-state index contributed by atoms with van der Waals surface area (Å²) in [5, 5.41) is 4.48. The Balaban J connectivity index is 2.13. The van der Waals surface area contributed by atoms with Crippen molar-refractivity contribution in [3.8, 4) is 0 Å². The van der Waals surface area contributed by atoms with E-state index in [9.17, 15) is 0 Å². The van der Waals surface area contributed by atoms with Crippen molar-refractivity contribution in [2.75, 3.05) is 0 Å². The summed E-state index contributed by atoms with van der Waals surface area (Å²) < 4.78 is 6.62. The zero-order chi connectivity index (χ0) is 10.6. The molecule has 4 heteroatoms. The third-order valence-electron chi connectivity index (χ3n) is 3.19. The van der Waals surface area contributed by atoms with Crippen molar-refractivity contribution in [3.63, 3.8) is 0 Å². The van der Waals surface area contributed by atoms with Crippen LogP contribution < -0.4 is 4.68 Å². The van der Waals surface area contributed by atoms with Crippen molar-refractivity contribution >= 4 is 0 Å². The Morgan fingerprint density at radius 2 is 2.13 bits per heavy atom. The molecule has 1 aliphatic rings. The van der Waals surface area contributed by atoms with Crippen LogP contribution in [0, 0.1) is 13.8 Å². The van der Waals surface area contributed by atoms with Gasteiger partial charge >= 0.3 is 0 Å². The lowest BCUT2D eigenvalue weighted by atomic mass is 10.3. The Labute approximate surface area is 88.7 Å². The Kier molecular flexibility index (Phi) is 1.58. The number of fused-ring (bicyclic) bond motifs is 2. The third kappa shape index (κ3) is 1.14. The molecule has 0 saturated heterocycles. The molecule has 2 aromatic heterocycles. The average Bonchev–Trinajstić information content (AvgIpc) is 2.65. The molecule has 0 N–H and O–H groups in total. The summed E-state index contributed by atoms with van der Waals surface area (Å²) >= 11 is 0. The fraction of sp³-hybridized carbons (Fsp3) is 0.455. The molecule has 0 fully saturated rings. The molecule has 0 saturated carbocycles. The first-order valence-electron chi connectivity index (χ1n) is 5.24. The molecule has 0 radical (unpaired) electrons. The van der Waals surface area contributed by atoms with Gasteiger partial charge in [-0.3, -0.25) is 4.68 Å². The van der Waals surface area contributed by atoms with Crippen LogP contribution >= 0.6 is 0 Å². The third-order valence-corrected chi connectivity index (χ3v) is 3.19. The highest BCUT2D eigenvalue weighted by molar-refractivity contribution is 5.13. The summed E-state index contributed by atoms with van der Waals surface area (Å²) in [6.07, 6.45) is 0. The second-order valence-corrected chi connectivity index (χ2v) is 4.29. The molecule has 0 unspecified atom stereocenters. The Morgan fingerprint density at radius 3 is 2.93 bits per heavy atom. The van der Waals surface area contributed by atoms with E-state index in [1.165, 1.54) is 17.1 Å². The van der Waals surface area contributed by atoms with Crippen LogP contribution in [0.5, 0.6) is 0 Å². The van der Waals surface area contributed by atoms with Crippen LogP contribution in [-0.2, 0) is 20.1 Å². The van der Waals surface area contributed by atoms with Crippen LogP contribution in [0.3, 0.4) is 0 Å². The van der Waals surface area contributed by atoms with Gasteiger partial charge in [0.2, 0.25) is 12.2 Å². The second-order valence-electron chi connectivity index (χ2n) is 4.29. The standard InChI is InChI=1S/C11H15N4/c1-8-4-10-7-15-11(6-14(10)12-8)5-9(2)13(15)3/h4-5H,6-7H2,1-3H3/q+1. The molecule has 15 heavy (non-hydrogen) atoms. The van der Waals surface area contributed by atoms with Gasteiger partial charge in [0.15, 0.2) is 0 Å². The minimum absolute atomic E-state index is 0.894. The smallest absolute Gasteiger partial charge is 0.230 e. The van der Waals surface area contributed by atoms with Crippen molar-refractivity contribution in [3.05, 3.63) is 34.9 Å². The minimum Gasteiger partial charge on any atom is -0.252 e. The van der Waals surface area contributed by atoms with Gasteiger partial charge in [0.1, 0.15) is 12.2 Å². The van der Waals surface area contributed by atoms with Gasteiger partial charge in [-0.05, 0) is 19.9 Å². The van der Waals surface area contributed by atoms with E-state index in [1.54, 1.807) is 0 Å². The summed E-state index contributed by atoms with van der Waals surface area (Å²) in [5.74, 6) is 0. The van der Waals surface area contributed by atoms with E-state index in [0.717, 1.165) is 18.8 Å². The van der Waals surface area contributed by atoms with Gasteiger partial charge in [0.25, 0.3) is 0 Å². The predicted octanol–water partition coefficient (Wildman–Crippen LogP) is 0.536. The molecular formula is C11H15N4+. The van der Waals surface area contributed by atoms with E-state index in [4.69, 9.17) is 0 Å². The van der Waals surface area contributed by atoms with Crippen LogP contribution in [0.15, 0.2) is 12.1 Å². The van der Waals surface area contributed by atoms with Gasteiger partial charge < -0.3 is 0 Å². The molecule has 0 aliphatic carbocycles. The maximum Gasteiger partial charge on any atom is 0.230 e. The Bertz CT molecular complexity index is 533. The topological polar surface area (TPSA) is 26.6 Å². The van der Waals surface area contributed by atoms with Crippen LogP contribution in [-0.4, -0.2) is 14.5 Å². The van der Waals surface area contributed by atoms with Crippen molar-refractivity contribution in [2.24, 2.45) is 7.05 Å². The number of aromatic nitrogens is 4. The van der Waals surface area contributed by atoms with Crippen molar-refractivity contribution in [1.29, 1.82) is 0 Å². The minimum atomic E-state index is 0.894. The van der Waals surface area contributed by atoms with Crippen LogP contribution in [0.2, 0.25) is 0 Å². The van der Waals surface area contributed by atoms with Crippen molar-refractivity contribution < 1.29 is 4.68 Å². The first-order valence-corrected chi connectivity index (χ1v) is 5.24. The number of nitrogens with zero attached hydrogens (tertiary/aromatic N) is 4. The lowest BCUT2D eigenvalue weighted by molar-refractivity contribution is -0.776. The molecule has 1 aliphatic heterocycles. The molecule has 78 valence electrons. The summed E-state index contributed by atoms with van der Waals surface area (Å²) in [7, 11) is 2.11. The molecule has 4 nitrogen and oxygen atoms in total. The monoisotopic (exact) mass is 203 g/mol. The average molecular weight is 203 g/mol. The maximum absolute atomic E-state index is 4.48. The molecule has 0 aromatic carbocycles. The molecule has 0 atom stereocenters. The number of rotatable bonds is 0. The van der Waals surface area contributed by atoms with Crippen LogP contribution in [0.4, 0.5) is 0 Å². The van der Waals surface area contributed by atoms with E-state index in [0.29, 0.717) is 0 Å². The highest BCUT2D eigenvalue weighted by Gasteiger charge is 2.27. The van der Waals surface area contributed by atoms with E-state index in [2.05, 4.69) is 45.2 Å². The number of hydrogen-bond acceptors (Lipinski definition) is 1. The summed E-state index contributed by atoms with van der Waals surface area (Å²) in [4.78, 5) is 0. The molecule has 0 bridgehead atoms. The van der Waals surface area contributed by atoms with Crippen molar-refractivity contribution in [2.45, 2.75) is 26.9 Å². The molecule has 2 aromatic rings. The zero-order valence-electron chi connectivity index (χ0n) is 9.36. The molecule has 3 rings (SSSR count). The molecule has 0 spiro atoms. The van der Waals surface area contributed by atoms with Gasteiger partial charge in [-0.15, -0.1) is 4.68 Å².